The smallest absolute Gasteiger partial charge is 0.261 e. The fraction of sp³-hybridized carbons (Fsp3) is 0.174. The Kier molecular flexibility index (Phi) is 7.08. The third kappa shape index (κ3) is 5.39. The molecule has 0 aromatic heterocycles. The number of carbonyl (C=O) groups excluding carboxylic acids is 1. The van der Waals surface area contributed by atoms with E-state index in [0.29, 0.717) is 6.54 Å². The van der Waals surface area contributed by atoms with Gasteiger partial charge in [-0.3, -0.25) is 9.52 Å². The Bertz CT molecular complexity index is 1100. The van der Waals surface area contributed by atoms with Crippen LogP contribution in [-0.4, -0.2) is 28.0 Å². The van der Waals surface area contributed by atoms with Gasteiger partial charge in [0.2, 0.25) is 0 Å². The largest absolute Gasteiger partial charge is 0.496 e. The van der Waals surface area contributed by atoms with Gasteiger partial charge in [-0.1, -0.05) is 48.5 Å². The van der Waals surface area contributed by atoms with Crippen LogP contribution in [0.3, 0.4) is 0 Å². The Morgan fingerprint density at radius 1 is 0.900 bits per heavy atom. The van der Waals surface area contributed by atoms with Crippen LogP contribution in [0.15, 0.2) is 83.8 Å². The molecule has 0 aliphatic carbocycles. The first-order valence-corrected chi connectivity index (χ1v) is 11.1. The number of para-hydroxylation sites is 2. The van der Waals surface area contributed by atoms with Gasteiger partial charge in [0.15, 0.2) is 0 Å². The summed E-state index contributed by atoms with van der Waals surface area (Å²) in [5, 5.41) is 2.86. The third-order valence-electron chi connectivity index (χ3n) is 4.57. The maximum atomic E-state index is 12.7. The molecule has 3 aromatic rings. The summed E-state index contributed by atoms with van der Waals surface area (Å²) in [4.78, 5) is 12.8. The van der Waals surface area contributed by atoms with E-state index in [2.05, 4.69) is 10.0 Å². The van der Waals surface area contributed by atoms with Crippen molar-refractivity contribution in [2.75, 3.05) is 18.4 Å². The fourth-order valence-electron chi connectivity index (χ4n) is 3.06. The number of amides is 1. The van der Waals surface area contributed by atoms with E-state index in [9.17, 15) is 13.2 Å². The third-order valence-corrected chi connectivity index (χ3v) is 5.95. The van der Waals surface area contributed by atoms with Crippen molar-refractivity contribution in [2.24, 2.45) is 0 Å². The number of anilines is 1. The molecule has 7 heteroatoms. The molecular weight excluding hydrogens is 400 g/mol. The van der Waals surface area contributed by atoms with Crippen LogP contribution >= 0.6 is 0 Å². The van der Waals surface area contributed by atoms with E-state index in [-0.39, 0.29) is 22.1 Å². The van der Waals surface area contributed by atoms with E-state index in [1.54, 1.807) is 49.6 Å². The first-order valence-electron chi connectivity index (χ1n) is 9.58. The molecule has 0 heterocycles. The quantitative estimate of drug-likeness (QED) is 0.511. The average molecular weight is 425 g/mol. The number of aryl methyl sites for hydroxylation is 1. The molecule has 3 rings (SSSR count). The molecule has 2 N–H and O–H groups in total. The molecular formula is C23H24N2O4S. The summed E-state index contributed by atoms with van der Waals surface area (Å²) in [6.45, 7) is 0.455. The predicted octanol–water partition coefficient (Wildman–Crippen LogP) is 3.86. The van der Waals surface area contributed by atoms with Gasteiger partial charge < -0.3 is 10.1 Å². The molecule has 30 heavy (non-hydrogen) atoms. The topological polar surface area (TPSA) is 84.5 Å². The molecule has 0 spiro atoms. The van der Waals surface area contributed by atoms with Gasteiger partial charge in [-0.05, 0) is 48.7 Å². The first-order chi connectivity index (χ1) is 14.5. The number of carbonyl (C=O) groups is 1. The lowest BCUT2D eigenvalue weighted by atomic mass is 10.1. The summed E-state index contributed by atoms with van der Waals surface area (Å²) in [5.74, 6) is 0.492. The lowest BCUT2D eigenvalue weighted by Gasteiger charge is -2.13. The summed E-state index contributed by atoms with van der Waals surface area (Å²) >= 11 is 0. The maximum absolute atomic E-state index is 12.7. The lowest BCUT2D eigenvalue weighted by molar-refractivity contribution is 0.0954. The molecule has 156 valence electrons. The molecule has 1 amide bonds. The summed E-state index contributed by atoms with van der Waals surface area (Å²) < 4.78 is 33.0. The van der Waals surface area contributed by atoms with Crippen molar-refractivity contribution in [3.63, 3.8) is 0 Å². The minimum atomic E-state index is -3.78. The molecule has 0 aliphatic rings. The zero-order valence-corrected chi connectivity index (χ0v) is 17.5. The Morgan fingerprint density at radius 3 is 2.33 bits per heavy atom. The Balaban J connectivity index is 1.63. The SMILES string of the molecule is COc1ccccc1CCCNC(=O)c1ccccc1NS(=O)(=O)c1ccccc1. The summed E-state index contributed by atoms with van der Waals surface area (Å²) in [6, 6.07) is 22.4. The van der Waals surface area contributed by atoms with E-state index < -0.39 is 10.0 Å². The maximum Gasteiger partial charge on any atom is 0.261 e. The molecule has 0 unspecified atom stereocenters. The highest BCUT2D eigenvalue weighted by Crippen LogP contribution is 2.21. The standard InChI is InChI=1S/C23H24N2O4S/c1-29-22-16-8-5-10-18(22)11-9-17-24-23(26)20-14-6-7-15-21(20)25-30(27,28)19-12-3-2-4-13-19/h2-8,10,12-16,25H,9,11,17H2,1H3,(H,24,26). The number of hydrogen-bond acceptors (Lipinski definition) is 4. The molecule has 0 bridgehead atoms. The van der Waals surface area contributed by atoms with Crippen LogP contribution in [0.2, 0.25) is 0 Å². The average Bonchev–Trinajstić information content (AvgIpc) is 2.77. The van der Waals surface area contributed by atoms with Gasteiger partial charge in [-0.25, -0.2) is 8.42 Å². The molecule has 0 fully saturated rings. The van der Waals surface area contributed by atoms with Crippen molar-refractivity contribution in [3.8, 4) is 5.75 Å². The van der Waals surface area contributed by atoms with Crippen LogP contribution in [0, 0.1) is 0 Å². The molecule has 0 saturated heterocycles. The zero-order valence-electron chi connectivity index (χ0n) is 16.7. The van der Waals surface area contributed by atoms with Crippen molar-refractivity contribution in [1.82, 2.24) is 5.32 Å². The normalized spacial score (nSPS) is 11.0. The van der Waals surface area contributed by atoms with Crippen LogP contribution in [0.4, 0.5) is 5.69 Å². The Hall–Kier alpha value is -3.32. The van der Waals surface area contributed by atoms with Gasteiger partial charge in [-0.2, -0.15) is 0 Å². The van der Waals surface area contributed by atoms with E-state index >= 15 is 0 Å². The second-order valence-electron chi connectivity index (χ2n) is 6.64. The van der Waals surface area contributed by atoms with Gasteiger partial charge in [0.1, 0.15) is 5.75 Å². The first kappa shape index (κ1) is 21.4. The zero-order chi connectivity index (χ0) is 21.4. The monoisotopic (exact) mass is 424 g/mol. The van der Waals surface area contributed by atoms with Crippen molar-refractivity contribution >= 4 is 21.6 Å². The predicted molar refractivity (Wildman–Crippen MR) is 117 cm³/mol. The number of hydrogen-bond donors (Lipinski definition) is 2. The Morgan fingerprint density at radius 2 is 1.57 bits per heavy atom. The lowest BCUT2D eigenvalue weighted by Crippen LogP contribution is -2.26. The summed E-state index contributed by atoms with van der Waals surface area (Å²) in [7, 11) is -2.15. The number of ether oxygens (including phenoxy) is 1. The van der Waals surface area contributed by atoms with Gasteiger partial charge in [0.25, 0.3) is 15.9 Å². The second-order valence-corrected chi connectivity index (χ2v) is 8.32. The van der Waals surface area contributed by atoms with Gasteiger partial charge >= 0.3 is 0 Å². The number of benzene rings is 3. The number of rotatable bonds is 9. The number of nitrogens with one attached hydrogen (secondary N) is 2. The minimum Gasteiger partial charge on any atom is -0.496 e. The summed E-state index contributed by atoms with van der Waals surface area (Å²) in [6.07, 6.45) is 1.48. The minimum absolute atomic E-state index is 0.136. The molecule has 0 aliphatic heterocycles. The molecule has 3 aromatic carbocycles. The van der Waals surface area contributed by atoms with Crippen LogP contribution in [0.1, 0.15) is 22.3 Å². The highest BCUT2D eigenvalue weighted by molar-refractivity contribution is 7.92. The molecule has 0 radical (unpaired) electrons. The van der Waals surface area contributed by atoms with E-state index in [0.717, 1.165) is 24.2 Å². The molecule has 0 atom stereocenters. The van der Waals surface area contributed by atoms with Crippen molar-refractivity contribution in [3.05, 3.63) is 90.0 Å². The van der Waals surface area contributed by atoms with E-state index in [1.165, 1.54) is 12.1 Å². The number of sulfonamides is 1. The second kappa shape index (κ2) is 9.93. The fourth-order valence-corrected chi connectivity index (χ4v) is 4.16. The van der Waals surface area contributed by atoms with Crippen LogP contribution in [-0.2, 0) is 16.4 Å². The van der Waals surface area contributed by atoms with Crippen LogP contribution in [0.25, 0.3) is 0 Å². The highest BCUT2D eigenvalue weighted by atomic mass is 32.2. The molecule has 6 nitrogen and oxygen atoms in total. The van der Waals surface area contributed by atoms with Crippen molar-refractivity contribution in [1.29, 1.82) is 0 Å². The van der Waals surface area contributed by atoms with Crippen LogP contribution in [0.5, 0.6) is 5.75 Å². The van der Waals surface area contributed by atoms with E-state index in [4.69, 9.17) is 4.74 Å². The summed E-state index contributed by atoms with van der Waals surface area (Å²) in [5.41, 5.74) is 1.59. The van der Waals surface area contributed by atoms with Gasteiger partial charge in [0, 0.05) is 6.54 Å². The van der Waals surface area contributed by atoms with E-state index in [1.807, 2.05) is 24.3 Å². The van der Waals surface area contributed by atoms with Gasteiger partial charge in [0.05, 0.1) is 23.3 Å². The van der Waals surface area contributed by atoms with Crippen LogP contribution < -0.4 is 14.8 Å². The Labute approximate surface area is 177 Å². The highest BCUT2D eigenvalue weighted by Gasteiger charge is 2.18. The van der Waals surface area contributed by atoms with Gasteiger partial charge in [-0.15, -0.1) is 0 Å². The number of methoxy groups -OCH3 is 1. The van der Waals surface area contributed by atoms with Crippen molar-refractivity contribution in [2.45, 2.75) is 17.7 Å². The molecule has 0 saturated carbocycles. The van der Waals surface area contributed by atoms with Crippen molar-refractivity contribution < 1.29 is 17.9 Å².